The number of hydrogen-bond donors (Lipinski definition) is 1. The predicted molar refractivity (Wildman–Crippen MR) is 115 cm³/mol. The third-order valence-corrected chi connectivity index (χ3v) is 5.35. The number of benzene rings is 2. The average Bonchev–Trinajstić information content (AvgIpc) is 2.83. The smallest absolute Gasteiger partial charge is 0.358 e. The molecule has 0 spiro atoms. The molecule has 0 radical (unpaired) electrons. The highest BCUT2D eigenvalue weighted by atomic mass is 19.4. The first-order chi connectivity index (χ1) is 14.6. The molecule has 0 atom stereocenters. The van der Waals surface area contributed by atoms with Gasteiger partial charge in [-0.3, -0.25) is 9.78 Å². The number of nitrogens with zero attached hydrogens (tertiary/aromatic N) is 2. The van der Waals surface area contributed by atoms with E-state index in [0.717, 1.165) is 34.3 Å². The molecule has 0 bridgehead atoms. The maximum absolute atomic E-state index is 13.3. The first-order valence-electron chi connectivity index (χ1n) is 9.91. The molecule has 0 saturated heterocycles. The monoisotopic (exact) mass is 425 g/mol. The molecule has 0 aliphatic carbocycles. The minimum Gasteiger partial charge on any atom is -0.358 e. The Morgan fingerprint density at radius 1 is 0.935 bits per heavy atom. The van der Waals surface area contributed by atoms with Crippen molar-refractivity contribution in [2.45, 2.75) is 33.5 Å². The summed E-state index contributed by atoms with van der Waals surface area (Å²) >= 11 is 0. The van der Waals surface area contributed by atoms with E-state index >= 15 is 0 Å². The number of pyridine rings is 1. The van der Waals surface area contributed by atoms with Gasteiger partial charge in [0, 0.05) is 29.3 Å². The van der Waals surface area contributed by atoms with Crippen LogP contribution < -0.4 is 10.2 Å². The molecular weight excluding hydrogens is 403 g/mol. The molecule has 1 aromatic heterocycles. The summed E-state index contributed by atoms with van der Waals surface area (Å²) in [6.07, 6.45) is -4.47. The Morgan fingerprint density at radius 2 is 1.65 bits per heavy atom. The highest BCUT2D eigenvalue weighted by molar-refractivity contribution is 5.96. The molecule has 31 heavy (non-hydrogen) atoms. The number of amides is 1. The van der Waals surface area contributed by atoms with Gasteiger partial charge in [-0.25, -0.2) is 0 Å². The zero-order chi connectivity index (χ0) is 22.3. The van der Waals surface area contributed by atoms with Crippen molar-refractivity contribution in [2.24, 2.45) is 0 Å². The zero-order valence-corrected chi connectivity index (χ0v) is 17.5. The summed E-state index contributed by atoms with van der Waals surface area (Å²) in [7, 11) is 0. The minimum atomic E-state index is -4.47. The van der Waals surface area contributed by atoms with Crippen LogP contribution in [0.4, 0.5) is 24.5 Å². The zero-order valence-electron chi connectivity index (χ0n) is 17.5. The van der Waals surface area contributed by atoms with E-state index in [1.165, 1.54) is 13.0 Å². The van der Waals surface area contributed by atoms with Gasteiger partial charge in [0.1, 0.15) is 0 Å². The summed E-state index contributed by atoms with van der Waals surface area (Å²) in [4.78, 5) is 18.8. The quantitative estimate of drug-likeness (QED) is 0.577. The molecule has 3 aromatic rings. The number of anilines is 2. The second kappa shape index (κ2) is 7.72. The van der Waals surface area contributed by atoms with E-state index in [1.54, 1.807) is 0 Å². The van der Waals surface area contributed by atoms with Gasteiger partial charge in [-0.05, 0) is 73.4 Å². The number of rotatable bonds is 2. The molecule has 2 aromatic carbocycles. The van der Waals surface area contributed by atoms with Crippen LogP contribution in [0, 0.1) is 20.8 Å². The van der Waals surface area contributed by atoms with E-state index in [-0.39, 0.29) is 23.7 Å². The summed E-state index contributed by atoms with van der Waals surface area (Å²) in [6.45, 7) is 5.69. The number of nitrogens with one attached hydrogen (secondary N) is 1. The van der Waals surface area contributed by atoms with Gasteiger partial charge in [0.2, 0.25) is 5.91 Å². The van der Waals surface area contributed by atoms with E-state index in [4.69, 9.17) is 0 Å². The second-order valence-electron chi connectivity index (χ2n) is 7.92. The minimum absolute atomic E-state index is 0.0485. The summed E-state index contributed by atoms with van der Waals surface area (Å²) in [6, 6.07) is 14.3. The summed E-state index contributed by atoms with van der Waals surface area (Å²) in [5, 5.41) is 2.63. The maximum atomic E-state index is 13.3. The van der Waals surface area contributed by atoms with Crippen LogP contribution in [0.5, 0.6) is 0 Å². The van der Waals surface area contributed by atoms with Gasteiger partial charge in [0.05, 0.1) is 12.1 Å². The lowest BCUT2D eigenvalue weighted by atomic mass is 10.0. The number of alkyl halides is 3. The van der Waals surface area contributed by atoms with Crippen LogP contribution in [0.25, 0.3) is 11.1 Å². The molecule has 4 nitrogen and oxygen atoms in total. The fourth-order valence-electron chi connectivity index (χ4n) is 4.01. The Labute approximate surface area is 178 Å². The van der Waals surface area contributed by atoms with Gasteiger partial charge < -0.3 is 10.2 Å². The van der Waals surface area contributed by atoms with Gasteiger partial charge in [-0.15, -0.1) is 0 Å². The molecule has 1 aliphatic heterocycles. The van der Waals surface area contributed by atoms with E-state index in [2.05, 4.69) is 10.3 Å². The van der Waals surface area contributed by atoms with E-state index < -0.39 is 11.7 Å². The van der Waals surface area contributed by atoms with Crippen LogP contribution in [0.1, 0.15) is 28.1 Å². The summed E-state index contributed by atoms with van der Waals surface area (Å²) < 4.78 is 39.9. The van der Waals surface area contributed by atoms with Crippen LogP contribution in [-0.2, 0) is 17.5 Å². The molecule has 2 heterocycles. The molecule has 1 N–H and O–H groups in total. The van der Waals surface area contributed by atoms with Crippen LogP contribution >= 0.6 is 0 Å². The van der Waals surface area contributed by atoms with Gasteiger partial charge in [-0.2, -0.15) is 13.2 Å². The van der Waals surface area contributed by atoms with Gasteiger partial charge in [0.25, 0.3) is 0 Å². The Hall–Kier alpha value is -3.35. The Bertz CT molecular complexity index is 1150. The number of aromatic nitrogens is 1. The highest BCUT2D eigenvalue weighted by Crippen LogP contribution is 2.37. The molecule has 160 valence electrons. The van der Waals surface area contributed by atoms with Crippen molar-refractivity contribution in [3.8, 4) is 11.1 Å². The number of carbonyl (C=O) groups excluding carboxylic acids is 1. The normalized spacial score (nSPS) is 14.1. The molecule has 1 aliphatic rings. The van der Waals surface area contributed by atoms with E-state index in [1.807, 2.05) is 55.1 Å². The number of halogens is 3. The van der Waals surface area contributed by atoms with Crippen molar-refractivity contribution in [3.05, 3.63) is 76.6 Å². The van der Waals surface area contributed by atoms with Crippen LogP contribution in [0.3, 0.4) is 0 Å². The Morgan fingerprint density at radius 3 is 2.32 bits per heavy atom. The molecule has 4 rings (SSSR count). The van der Waals surface area contributed by atoms with Crippen molar-refractivity contribution < 1.29 is 18.0 Å². The van der Waals surface area contributed by atoms with Gasteiger partial charge in [0.15, 0.2) is 0 Å². The summed E-state index contributed by atoms with van der Waals surface area (Å²) in [5.74, 6) is -0.350. The van der Waals surface area contributed by atoms with Crippen LogP contribution in [-0.4, -0.2) is 17.4 Å². The van der Waals surface area contributed by atoms with Crippen molar-refractivity contribution in [1.82, 2.24) is 4.98 Å². The summed E-state index contributed by atoms with van der Waals surface area (Å²) in [5.41, 5.74) is 4.93. The maximum Gasteiger partial charge on any atom is 0.416 e. The number of aryl methyl sites for hydroxylation is 3. The standard InChI is InChI=1S/C24H22F3N3O/c1-14-7-19-12-30(13-23(31)29-22(19)11-21(14)24(25,26)27)20-6-4-5-17(10-20)18-8-15(2)28-16(3)9-18/h4-11H,12-13H2,1-3H3,(H,29,31). The first kappa shape index (κ1) is 20.9. The van der Waals surface area contributed by atoms with E-state index in [9.17, 15) is 18.0 Å². The average molecular weight is 425 g/mol. The van der Waals surface area contributed by atoms with Crippen LogP contribution in [0.2, 0.25) is 0 Å². The molecule has 0 fully saturated rings. The number of carbonyl (C=O) groups is 1. The lowest BCUT2D eigenvalue weighted by molar-refractivity contribution is -0.138. The number of hydrogen-bond acceptors (Lipinski definition) is 3. The topological polar surface area (TPSA) is 45.2 Å². The predicted octanol–water partition coefficient (Wildman–Crippen LogP) is 5.65. The van der Waals surface area contributed by atoms with Crippen molar-refractivity contribution >= 4 is 17.3 Å². The fraction of sp³-hybridized carbons (Fsp3) is 0.250. The Kier molecular flexibility index (Phi) is 5.21. The van der Waals surface area contributed by atoms with Crippen molar-refractivity contribution in [2.75, 3.05) is 16.8 Å². The highest BCUT2D eigenvalue weighted by Gasteiger charge is 2.34. The third-order valence-electron chi connectivity index (χ3n) is 5.35. The van der Waals surface area contributed by atoms with Gasteiger partial charge >= 0.3 is 6.18 Å². The van der Waals surface area contributed by atoms with Crippen molar-refractivity contribution in [1.29, 1.82) is 0 Å². The molecule has 0 unspecified atom stereocenters. The number of fused-ring (bicyclic) bond motifs is 1. The third kappa shape index (κ3) is 4.40. The largest absolute Gasteiger partial charge is 0.416 e. The molecule has 1 amide bonds. The SMILES string of the molecule is Cc1cc(-c2cccc(N3CC(=O)Nc4cc(C(F)(F)F)c(C)cc4C3)c2)cc(C)n1. The second-order valence-corrected chi connectivity index (χ2v) is 7.92. The first-order valence-corrected chi connectivity index (χ1v) is 9.91. The lowest BCUT2D eigenvalue weighted by Gasteiger charge is -2.23. The molecule has 0 saturated carbocycles. The molecule has 7 heteroatoms. The lowest BCUT2D eigenvalue weighted by Crippen LogP contribution is -2.29. The van der Waals surface area contributed by atoms with Crippen LogP contribution in [0.15, 0.2) is 48.5 Å². The van der Waals surface area contributed by atoms with Gasteiger partial charge in [-0.1, -0.05) is 18.2 Å². The Balaban J connectivity index is 1.72. The van der Waals surface area contributed by atoms with E-state index in [0.29, 0.717) is 12.1 Å². The fourth-order valence-corrected chi connectivity index (χ4v) is 4.01. The van der Waals surface area contributed by atoms with Crippen molar-refractivity contribution in [3.63, 3.8) is 0 Å². The molecular formula is C24H22F3N3O.